The van der Waals surface area contributed by atoms with E-state index in [1.165, 1.54) is 0 Å². The molecule has 18 heavy (non-hydrogen) atoms. The fourth-order valence-corrected chi connectivity index (χ4v) is 0.722. The second-order valence-electron chi connectivity index (χ2n) is 2.93. The second kappa shape index (κ2) is 4.61. The molecule has 1 heterocycles. The zero-order valence-electron chi connectivity index (χ0n) is 9.03. The molecule has 0 atom stereocenters. The van der Waals surface area contributed by atoms with Gasteiger partial charge in [0.05, 0.1) is 11.6 Å². The molecule has 0 aliphatic rings. The summed E-state index contributed by atoms with van der Waals surface area (Å²) < 4.78 is 60.8. The average Bonchev–Trinajstić information content (AvgIpc) is 2.15. The van der Waals surface area contributed by atoms with E-state index in [-0.39, 0.29) is 0 Å². The number of hydrogen-bond donors (Lipinski definition) is 0. The van der Waals surface area contributed by atoms with E-state index in [4.69, 9.17) is 10.1 Å². The van der Waals surface area contributed by atoms with Crippen LogP contribution in [0.15, 0.2) is 24.5 Å². The Morgan fingerprint density at radius 2 is 1.56 bits per heavy atom. The Morgan fingerprint density at radius 3 is 1.83 bits per heavy atom. The Morgan fingerprint density at radius 1 is 1.17 bits per heavy atom. The topological polar surface area (TPSA) is 36.9 Å². The zero-order chi connectivity index (χ0) is 14.5. The molecule has 10 heteroatoms. The molecule has 0 aromatic carbocycles. The van der Waals surface area contributed by atoms with E-state index >= 15 is 0 Å². The van der Waals surface area contributed by atoms with Gasteiger partial charge in [0.1, 0.15) is 0 Å². The predicted molar refractivity (Wildman–Crippen MR) is 52.0 cm³/mol. The van der Waals surface area contributed by atoms with Crippen LogP contribution in [0.3, 0.4) is 0 Å². The number of rotatable bonds is 2. The minimum atomic E-state index is -10.7. The summed E-state index contributed by atoms with van der Waals surface area (Å²) in [5.74, 6) is 0. The van der Waals surface area contributed by atoms with Crippen LogP contribution in [0.2, 0.25) is 0 Å². The first-order chi connectivity index (χ1) is 7.81. The van der Waals surface area contributed by atoms with E-state index in [9.17, 15) is 25.2 Å². The van der Waals surface area contributed by atoms with E-state index in [1.54, 1.807) is 29.3 Å². The van der Waals surface area contributed by atoms with Crippen molar-refractivity contribution in [2.45, 2.75) is 6.92 Å². The van der Waals surface area contributed by atoms with Crippen molar-refractivity contribution < 1.29 is 34.7 Å². The summed E-state index contributed by atoms with van der Waals surface area (Å²) >= 11 is 0. The molecule has 3 nitrogen and oxygen atoms in total. The van der Waals surface area contributed by atoms with Gasteiger partial charge in [-0.05, 0) is 6.92 Å². The molecule has 1 rings (SSSR count). The molecule has 0 aliphatic carbocycles. The molecule has 1 aromatic heterocycles. The van der Waals surface area contributed by atoms with Crippen LogP contribution in [0.4, 0.5) is 25.2 Å². The van der Waals surface area contributed by atoms with Gasteiger partial charge in [-0.3, -0.25) is 4.84 Å². The molecule has 0 radical (unpaired) electrons. The van der Waals surface area contributed by atoms with Gasteiger partial charge in [-0.1, -0.05) is 0 Å². The van der Waals surface area contributed by atoms with Gasteiger partial charge >= 0.3 is 33.0 Å². The second-order valence-corrected chi connectivity index (χ2v) is 4.85. The van der Waals surface area contributed by atoms with Crippen LogP contribution in [0.1, 0.15) is 12.5 Å². The van der Waals surface area contributed by atoms with Crippen LogP contribution in [0.5, 0.6) is 0 Å². The molecule has 0 saturated heterocycles. The van der Waals surface area contributed by atoms with Crippen molar-refractivity contribution in [3.8, 4) is 6.07 Å². The van der Waals surface area contributed by atoms with Gasteiger partial charge in [-0.2, -0.15) is 5.26 Å². The monoisotopic (exact) mass is 294 g/mol. The van der Waals surface area contributed by atoms with Gasteiger partial charge in [-0.25, -0.2) is 0 Å². The van der Waals surface area contributed by atoms with Crippen LogP contribution < -0.4 is 9.57 Å². The van der Waals surface area contributed by atoms with Crippen molar-refractivity contribution in [1.29, 1.82) is 5.26 Å². The summed E-state index contributed by atoms with van der Waals surface area (Å²) in [6, 6.07) is 5.44. The van der Waals surface area contributed by atoms with Crippen molar-refractivity contribution in [2.24, 2.45) is 0 Å². The maximum absolute atomic E-state index is 10.7. The maximum atomic E-state index is 9.87. The summed E-state index contributed by atoms with van der Waals surface area (Å²) in [7, 11) is -10.7. The minimum absolute atomic E-state index is 0.622. The van der Waals surface area contributed by atoms with Crippen molar-refractivity contribution >= 4 is 7.81 Å². The van der Waals surface area contributed by atoms with Crippen molar-refractivity contribution in [3.05, 3.63) is 30.1 Å². The molecular weight excluding hydrogens is 285 g/mol. The van der Waals surface area contributed by atoms with Gasteiger partial charge in [0.25, 0.3) is 0 Å². The Bertz CT molecular complexity index is 423. The molecule has 0 unspecified atom stereocenters. The molecule has 0 N–H and O–H groups in total. The van der Waals surface area contributed by atoms with E-state index in [0.717, 1.165) is 0 Å². The summed E-state index contributed by atoms with van der Waals surface area (Å²) in [6.07, 6.45) is 3.42. The molecule has 0 saturated carbocycles. The normalized spacial score (nSPS) is 14.3. The first kappa shape index (κ1) is 16.4. The third-order valence-electron chi connectivity index (χ3n) is 1.21. The quantitative estimate of drug-likeness (QED) is 0.474. The van der Waals surface area contributed by atoms with Crippen LogP contribution in [-0.4, -0.2) is 6.61 Å². The molecule has 0 amide bonds. The molecule has 1 aromatic rings. The number of hydrogen-bond acceptors (Lipinski definition) is 2. The Balaban J connectivity index is 0.000000360. The van der Waals surface area contributed by atoms with E-state index in [0.29, 0.717) is 12.2 Å². The van der Waals surface area contributed by atoms with Crippen LogP contribution >= 0.6 is 7.81 Å². The molecular formula is C8H9F6N2OP. The fraction of sp³-hybridized carbons (Fsp3) is 0.250. The van der Waals surface area contributed by atoms with E-state index < -0.39 is 7.81 Å². The number of nitriles is 1. The SMILES string of the molecule is CCO[n+]1ccc(C#N)cc1.F[P-](F)(F)(F)(F)F. The average molecular weight is 294 g/mol. The summed E-state index contributed by atoms with van der Waals surface area (Å²) in [4.78, 5) is 5.11. The predicted octanol–water partition coefficient (Wildman–Crippen LogP) is 3.68. The van der Waals surface area contributed by atoms with E-state index in [2.05, 4.69) is 0 Å². The fourth-order valence-electron chi connectivity index (χ4n) is 0.722. The Kier molecular flexibility index (Phi) is 4.21. The van der Waals surface area contributed by atoms with Crippen molar-refractivity contribution in [1.82, 2.24) is 0 Å². The number of pyridine rings is 1. The standard InChI is InChI=1S/C8H9N2O.F6P/c1-2-11-10-5-3-8(7-9)4-6-10;1-7(2,3,4,5)6/h3-6H,2H2,1H3;/q+1;-1. The van der Waals surface area contributed by atoms with Gasteiger partial charge in [0.2, 0.25) is 12.4 Å². The number of halogens is 6. The molecule has 0 fully saturated rings. The summed E-state index contributed by atoms with van der Waals surface area (Å²) in [6.45, 7) is 2.53. The molecule has 0 bridgehead atoms. The third-order valence-corrected chi connectivity index (χ3v) is 1.21. The van der Waals surface area contributed by atoms with Crippen molar-refractivity contribution in [2.75, 3.05) is 6.61 Å². The zero-order valence-corrected chi connectivity index (χ0v) is 9.93. The summed E-state index contributed by atoms with van der Waals surface area (Å²) in [5, 5.41) is 8.46. The van der Waals surface area contributed by atoms with Gasteiger partial charge in [0.15, 0.2) is 6.61 Å². The van der Waals surface area contributed by atoms with Gasteiger partial charge < -0.3 is 0 Å². The van der Waals surface area contributed by atoms with Crippen molar-refractivity contribution in [3.63, 3.8) is 0 Å². The Hall–Kier alpha value is -1.55. The first-order valence-electron chi connectivity index (χ1n) is 4.43. The molecule has 104 valence electrons. The molecule has 0 spiro atoms. The van der Waals surface area contributed by atoms with Crippen LogP contribution in [-0.2, 0) is 0 Å². The molecule has 0 aliphatic heterocycles. The summed E-state index contributed by atoms with van der Waals surface area (Å²) in [5.41, 5.74) is 0.640. The first-order valence-corrected chi connectivity index (χ1v) is 6.45. The van der Waals surface area contributed by atoms with E-state index in [1.807, 2.05) is 13.0 Å². The van der Waals surface area contributed by atoms with Gasteiger partial charge in [0, 0.05) is 16.9 Å². The number of aromatic nitrogens is 1. The van der Waals surface area contributed by atoms with Crippen LogP contribution in [0, 0.1) is 11.3 Å². The third kappa shape index (κ3) is 14.5. The van der Waals surface area contributed by atoms with Crippen LogP contribution in [0.25, 0.3) is 0 Å². The Labute approximate surface area is 98.4 Å². The van der Waals surface area contributed by atoms with Gasteiger partial charge in [-0.15, -0.1) is 0 Å². The number of nitrogens with zero attached hydrogens (tertiary/aromatic N) is 2.